The van der Waals surface area contributed by atoms with E-state index >= 15 is 0 Å². The van der Waals surface area contributed by atoms with Crippen LogP contribution >= 0.6 is 0 Å². The Morgan fingerprint density at radius 1 is 1.35 bits per heavy atom. The maximum atomic E-state index is 13.8. The van der Waals surface area contributed by atoms with E-state index in [2.05, 4.69) is 12.2 Å². The van der Waals surface area contributed by atoms with Crippen LogP contribution in [0.2, 0.25) is 0 Å². The summed E-state index contributed by atoms with van der Waals surface area (Å²) in [6, 6.07) is 3.87. The number of nitrogens with one attached hydrogen (secondary N) is 1. The van der Waals surface area contributed by atoms with Crippen LogP contribution in [0.5, 0.6) is 0 Å². The van der Waals surface area contributed by atoms with Gasteiger partial charge in [-0.2, -0.15) is 0 Å². The third kappa shape index (κ3) is 3.18. The molecule has 1 atom stereocenters. The molecule has 0 aromatic heterocycles. The van der Waals surface area contributed by atoms with Crippen molar-refractivity contribution in [2.45, 2.75) is 50.7 Å². The first-order valence-corrected chi connectivity index (χ1v) is 7.34. The molecule has 0 bridgehead atoms. The Bertz CT molecular complexity index is 441. The Balaban J connectivity index is 2.14. The number of ether oxygens (including phenoxy) is 1. The topological polar surface area (TPSA) is 21.3 Å². The largest absolute Gasteiger partial charge is 0.377 e. The van der Waals surface area contributed by atoms with Gasteiger partial charge >= 0.3 is 0 Å². The lowest BCUT2D eigenvalue weighted by Crippen LogP contribution is -2.57. The summed E-state index contributed by atoms with van der Waals surface area (Å²) in [5.41, 5.74) is 0.346. The maximum Gasteiger partial charge on any atom is 0.129 e. The summed E-state index contributed by atoms with van der Waals surface area (Å²) in [7, 11) is 1.72. The van der Waals surface area contributed by atoms with Crippen molar-refractivity contribution in [2.75, 3.05) is 13.7 Å². The van der Waals surface area contributed by atoms with Crippen LogP contribution in [-0.2, 0) is 11.2 Å². The smallest absolute Gasteiger partial charge is 0.129 e. The lowest BCUT2D eigenvalue weighted by atomic mass is 9.72. The summed E-state index contributed by atoms with van der Waals surface area (Å²) in [6.07, 6.45) is 4.67. The molecular weight excluding hydrogens is 260 g/mol. The maximum absolute atomic E-state index is 13.8. The average molecular weight is 283 g/mol. The van der Waals surface area contributed by atoms with Crippen molar-refractivity contribution in [1.82, 2.24) is 5.32 Å². The molecule has 4 heteroatoms. The monoisotopic (exact) mass is 283 g/mol. The SMILES string of the molecule is CCCNC(Cc1ccc(F)cc1F)C1(OC)CCC1. The molecule has 1 aliphatic carbocycles. The Morgan fingerprint density at radius 2 is 2.10 bits per heavy atom. The highest BCUT2D eigenvalue weighted by atomic mass is 19.1. The normalized spacial score (nSPS) is 18.6. The van der Waals surface area contributed by atoms with Crippen LogP contribution < -0.4 is 5.32 Å². The lowest BCUT2D eigenvalue weighted by molar-refractivity contribution is -0.0981. The number of hydrogen-bond donors (Lipinski definition) is 1. The first kappa shape index (κ1) is 15.4. The van der Waals surface area contributed by atoms with Gasteiger partial charge in [0.25, 0.3) is 0 Å². The number of rotatable bonds is 7. The Kier molecular flexibility index (Phi) is 5.11. The van der Waals surface area contributed by atoms with E-state index in [9.17, 15) is 8.78 Å². The van der Waals surface area contributed by atoms with E-state index in [4.69, 9.17) is 4.74 Å². The molecule has 112 valence electrons. The van der Waals surface area contributed by atoms with Gasteiger partial charge in [-0.3, -0.25) is 0 Å². The molecule has 20 heavy (non-hydrogen) atoms. The quantitative estimate of drug-likeness (QED) is 0.827. The molecule has 0 aliphatic heterocycles. The van der Waals surface area contributed by atoms with Crippen LogP contribution in [0.1, 0.15) is 38.2 Å². The summed E-state index contributed by atoms with van der Waals surface area (Å²) in [5, 5.41) is 3.47. The Labute approximate surface area is 119 Å². The van der Waals surface area contributed by atoms with E-state index in [1.165, 1.54) is 12.1 Å². The van der Waals surface area contributed by atoms with Gasteiger partial charge in [-0.25, -0.2) is 8.78 Å². The van der Waals surface area contributed by atoms with Crippen LogP contribution in [0.25, 0.3) is 0 Å². The molecule has 1 fully saturated rings. The summed E-state index contributed by atoms with van der Waals surface area (Å²) < 4.78 is 32.5. The number of benzene rings is 1. The van der Waals surface area contributed by atoms with Crippen molar-refractivity contribution in [3.63, 3.8) is 0 Å². The van der Waals surface area contributed by atoms with Gasteiger partial charge in [0.1, 0.15) is 11.6 Å². The van der Waals surface area contributed by atoms with Crippen LogP contribution in [0.15, 0.2) is 18.2 Å². The average Bonchev–Trinajstić information content (AvgIpc) is 2.37. The zero-order valence-corrected chi connectivity index (χ0v) is 12.2. The molecular formula is C16H23F2NO. The zero-order valence-electron chi connectivity index (χ0n) is 12.2. The van der Waals surface area contributed by atoms with E-state index in [-0.39, 0.29) is 11.6 Å². The summed E-state index contributed by atoms with van der Waals surface area (Å²) >= 11 is 0. The van der Waals surface area contributed by atoms with Gasteiger partial charge in [0, 0.05) is 19.2 Å². The van der Waals surface area contributed by atoms with E-state index < -0.39 is 11.6 Å². The fourth-order valence-corrected chi connectivity index (χ4v) is 2.89. The van der Waals surface area contributed by atoms with Gasteiger partial charge in [0.05, 0.1) is 5.60 Å². The number of halogens is 2. The Morgan fingerprint density at radius 3 is 2.60 bits per heavy atom. The van der Waals surface area contributed by atoms with E-state index in [0.29, 0.717) is 12.0 Å². The van der Waals surface area contributed by atoms with Crippen molar-refractivity contribution in [2.24, 2.45) is 0 Å². The molecule has 1 N–H and O–H groups in total. The van der Waals surface area contributed by atoms with E-state index in [0.717, 1.165) is 38.3 Å². The van der Waals surface area contributed by atoms with Crippen molar-refractivity contribution in [1.29, 1.82) is 0 Å². The second kappa shape index (κ2) is 6.64. The van der Waals surface area contributed by atoms with Gasteiger partial charge in [-0.05, 0) is 50.3 Å². The molecule has 0 spiro atoms. The molecule has 1 aromatic rings. The molecule has 1 aliphatic rings. The number of hydrogen-bond acceptors (Lipinski definition) is 2. The van der Waals surface area contributed by atoms with Crippen molar-refractivity contribution in [3.8, 4) is 0 Å². The highest BCUT2D eigenvalue weighted by Gasteiger charge is 2.44. The van der Waals surface area contributed by atoms with Gasteiger partial charge in [-0.15, -0.1) is 0 Å². The second-order valence-corrected chi connectivity index (χ2v) is 5.57. The molecule has 0 radical (unpaired) electrons. The minimum Gasteiger partial charge on any atom is -0.377 e. The summed E-state index contributed by atoms with van der Waals surface area (Å²) in [4.78, 5) is 0. The van der Waals surface area contributed by atoms with Gasteiger partial charge in [-0.1, -0.05) is 13.0 Å². The summed E-state index contributed by atoms with van der Waals surface area (Å²) in [5.74, 6) is -1.01. The van der Waals surface area contributed by atoms with Gasteiger partial charge in [0.2, 0.25) is 0 Å². The Hall–Kier alpha value is -1.00. The molecule has 2 nitrogen and oxygen atoms in total. The third-order valence-corrected chi connectivity index (χ3v) is 4.32. The molecule has 0 heterocycles. The summed E-state index contributed by atoms with van der Waals surface area (Å²) in [6.45, 7) is 2.97. The van der Waals surface area contributed by atoms with Crippen LogP contribution in [0.4, 0.5) is 8.78 Å². The zero-order chi connectivity index (χ0) is 14.6. The van der Waals surface area contributed by atoms with E-state index in [1.807, 2.05) is 0 Å². The first-order valence-electron chi connectivity index (χ1n) is 7.34. The molecule has 0 saturated heterocycles. The highest BCUT2D eigenvalue weighted by molar-refractivity contribution is 5.21. The lowest BCUT2D eigenvalue weighted by Gasteiger charge is -2.47. The van der Waals surface area contributed by atoms with Crippen molar-refractivity contribution >= 4 is 0 Å². The first-order chi connectivity index (χ1) is 9.61. The van der Waals surface area contributed by atoms with Gasteiger partial charge < -0.3 is 10.1 Å². The fourth-order valence-electron chi connectivity index (χ4n) is 2.89. The van der Waals surface area contributed by atoms with Gasteiger partial charge in [0.15, 0.2) is 0 Å². The standard InChI is InChI=1S/C16H23F2NO/c1-3-9-19-15(16(20-2)7-4-8-16)10-12-5-6-13(17)11-14(12)18/h5-6,11,15,19H,3-4,7-10H2,1-2H3. The number of methoxy groups -OCH3 is 1. The molecule has 1 aromatic carbocycles. The molecule has 2 rings (SSSR count). The minimum atomic E-state index is -0.533. The predicted molar refractivity (Wildman–Crippen MR) is 75.7 cm³/mol. The van der Waals surface area contributed by atoms with Crippen molar-refractivity contribution < 1.29 is 13.5 Å². The van der Waals surface area contributed by atoms with E-state index in [1.54, 1.807) is 7.11 Å². The predicted octanol–water partition coefficient (Wildman–Crippen LogP) is 3.44. The second-order valence-electron chi connectivity index (χ2n) is 5.57. The minimum absolute atomic E-state index is 0.0705. The molecule has 0 amide bonds. The molecule has 1 unspecified atom stereocenters. The van der Waals surface area contributed by atoms with Crippen LogP contribution in [0.3, 0.4) is 0 Å². The fraction of sp³-hybridized carbons (Fsp3) is 0.625. The highest BCUT2D eigenvalue weighted by Crippen LogP contribution is 2.39. The molecule has 1 saturated carbocycles. The van der Waals surface area contributed by atoms with Crippen LogP contribution in [-0.4, -0.2) is 25.3 Å². The van der Waals surface area contributed by atoms with Crippen molar-refractivity contribution in [3.05, 3.63) is 35.4 Å². The van der Waals surface area contributed by atoms with Crippen LogP contribution in [0, 0.1) is 11.6 Å². The third-order valence-electron chi connectivity index (χ3n) is 4.32.